The molecule has 0 saturated heterocycles. The molecule has 26 heavy (non-hydrogen) atoms. The fraction of sp³-hybridized carbons (Fsp3) is 0.294. The molecule has 1 N–H and O–H groups in total. The molecule has 0 aliphatic rings. The predicted octanol–water partition coefficient (Wildman–Crippen LogP) is 3.02. The number of nitrogens with one attached hydrogen (secondary N) is 1. The Morgan fingerprint density at radius 2 is 2.12 bits per heavy atom. The van der Waals surface area contributed by atoms with Crippen LogP contribution in [0.4, 0.5) is 4.39 Å². The van der Waals surface area contributed by atoms with Crippen LogP contribution in [0.15, 0.2) is 39.3 Å². The number of carbonyl (C=O) groups is 1. The van der Waals surface area contributed by atoms with E-state index in [1.165, 1.54) is 23.9 Å². The first-order valence-electron chi connectivity index (χ1n) is 7.96. The Kier molecular flexibility index (Phi) is 6.35. The standard InChI is InChI=1S/C17H17FN4O2S2/c1-11-20-14(9-25-11)8-16-21-22-17(24-16)26-10-15(23)19-7-6-12-2-4-13(18)5-3-12/h2-5,9H,6-8,10H2,1H3,(H,19,23). The van der Waals surface area contributed by atoms with E-state index in [0.29, 0.717) is 30.5 Å². The van der Waals surface area contributed by atoms with Crippen LogP contribution in [0.1, 0.15) is 22.2 Å². The summed E-state index contributed by atoms with van der Waals surface area (Å²) in [6, 6.07) is 6.24. The van der Waals surface area contributed by atoms with Crippen LogP contribution in [0.25, 0.3) is 0 Å². The Balaban J connectivity index is 1.38. The number of halogens is 1. The number of hydrogen-bond acceptors (Lipinski definition) is 7. The first-order valence-corrected chi connectivity index (χ1v) is 9.82. The van der Waals surface area contributed by atoms with Gasteiger partial charge >= 0.3 is 0 Å². The van der Waals surface area contributed by atoms with Gasteiger partial charge in [-0.25, -0.2) is 9.37 Å². The minimum atomic E-state index is -0.266. The summed E-state index contributed by atoms with van der Waals surface area (Å²) in [5.41, 5.74) is 1.87. The third-order valence-corrected chi connectivity index (χ3v) is 5.06. The van der Waals surface area contributed by atoms with Gasteiger partial charge in [-0.05, 0) is 31.0 Å². The van der Waals surface area contributed by atoms with E-state index in [1.807, 2.05) is 12.3 Å². The molecule has 2 aromatic heterocycles. The molecule has 2 heterocycles. The van der Waals surface area contributed by atoms with E-state index in [9.17, 15) is 9.18 Å². The third kappa shape index (κ3) is 5.63. The largest absolute Gasteiger partial charge is 0.416 e. The Bertz CT molecular complexity index is 864. The van der Waals surface area contributed by atoms with Crippen molar-refractivity contribution in [3.63, 3.8) is 0 Å². The highest BCUT2D eigenvalue weighted by Crippen LogP contribution is 2.18. The number of aryl methyl sites for hydroxylation is 1. The van der Waals surface area contributed by atoms with Crippen LogP contribution in [0.3, 0.4) is 0 Å². The van der Waals surface area contributed by atoms with E-state index < -0.39 is 0 Å². The fourth-order valence-corrected chi connectivity index (χ4v) is 3.41. The van der Waals surface area contributed by atoms with Gasteiger partial charge in [-0.3, -0.25) is 4.79 Å². The van der Waals surface area contributed by atoms with Crippen molar-refractivity contribution >= 4 is 29.0 Å². The number of benzene rings is 1. The summed E-state index contributed by atoms with van der Waals surface area (Å²) in [6.45, 7) is 2.43. The Morgan fingerprint density at radius 3 is 2.85 bits per heavy atom. The lowest BCUT2D eigenvalue weighted by Gasteiger charge is -2.04. The zero-order valence-electron chi connectivity index (χ0n) is 14.1. The van der Waals surface area contributed by atoms with Crippen molar-refractivity contribution in [1.29, 1.82) is 0 Å². The topological polar surface area (TPSA) is 80.9 Å². The molecule has 6 nitrogen and oxygen atoms in total. The molecule has 1 amide bonds. The second-order valence-corrected chi connectivity index (χ2v) is 7.50. The van der Waals surface area contributed by atoms with Gasteiger partial charge in [0.1, 0.15) is 5.82 Å². The summed E-state index contributed by atoms with van der Waals surface area (Å²) in [6.07, 6.45) is 1.14. The monoisotopic (exact) mass is 392 g/mol. The molecule has 0 aliphatic carbocycles. The normalized spacial score (nSPS) is 10.8. The smallest absolute Gasteiger partial charge is 0.277 e. The molecule has 136 valence electrons. The number of nitrogens with zero attached hydrogens (tertiary/aromatic N) is 3. The summed E-state index contributed by atoms with van der Waals surface area (Å²) in [5.74, 6) is 0.292. The van der Waals surface area contributed by atoms with Gasteiger partial charge in [-0.2, -0.15) is 0 Å². The lowest BCUT2D eigenvalue weighted by atomic mass is 10.1. The summed E-state index contributed by atoms with van der Waals surface area (Å²) >= 11 is 2.77. The average molecular weight is 392 g/mol. The lowest BCUT2D eigenvalue weighted by molar-refractivity contribution is -0.118. The van der Waals surface area contributed by atoms with Gasteiger partial charge < -0.3 is 9.73 Å². The molecule has 3 aromatic rings. The lowest BCUT2D eigenvalue weighted by Crippen LogP contribution is -2.27. The maximum absolute atomic E-state index is 12.8. The molecular weight excluding hydrogens is 375 g/mol. The predicted molar refractivity (Wildman–Crippen MR) is 97.8 cm³/mol. The van der Waals surface area contributed by atoms with Crippen LogP contribution in [0.5, 0.6) is 0 Å². The maximum Gasteiger partial charge on any atom is 0.277 e. The molecule has 0 bridgehead atoms. The van der Waals surface area contributed by atoms with E-state index >= 15 is 0 Å². The molecule has 0 spiro atoms. The quantitative estimate of drug-likeness (QED) is 0.594. The molecule has 1 aromatic carbocycles. The number of hydrogen-bond donors (Lipinski definition) is 1. The zero-order valence-corrected chi connectivity index (χ0v) is 15.7. The van der Waals surface area contributed by atoms with E-state index in [-0.39, 0.29) is 17.5 Å². The summed E-state index contributed by atoms with van der Waals surface area (Å²) < 4.78 is 18.4. The van der Waals surface area contributed by atoms with Crippen molar-refractivity contribution in [3.05, 3.63) is 57.6 Å². The minimum Gasteiger partial charge on any atom is -0.416 e. The number of thioether (sulfide) groups is 1. The number of carbonyl (C=O) groups excluding carboxylic acids is 1. The first kappa shape index (κ1) is 18.5. The molecule has 0 saturated carbocycles. The summed E-state index contributed by atoms with van der Waals surface area (Å²) in [5, 5.41) is 14.0. The van der Waals surface area contributed by atoms with Crippen LogP contribution >= 0.6 is 23.1 Å². The van der Waals surface area contributed by atoms with Crippen LogP contribution < -0.4 is 5.32 Å². The average Bonchev–Trinajstić information content (AvgIpc) is 3.24. The Morgan fingerprint density at radius 1 is 1.31 bits per heavy atom. The second-order valence-electron chi connectivity index (χ2n) is 5.51. The molecule has 3 rings (SSSR count). The number of aromatic nitrogens is 3. The van der Waals surface area contributed by atoms with Gasteiger partial charge in [0, 0.05) is 11.9 Å². The van der Waals surface area contributed by atoms with E-state index in [2.05, 4.69) is 20.5 Å². The van der Waals surface area contributed by atoms with Crippen LogP contribution in [-0.2, 0) is 17.6 Å². The van der Waals surface area contributed by atoms with Crippen molar-refractivity contribution in [3.8, 4) is 0 Å². The van der Waals surface area contributed by atoms with Gasteiger partial charge in [0.15, 0.2) is 0 Å². The highest BCUT2D eigenvalue weighted by atomic mass is 32.2. The summed E-state index contributed by atoms with van der Waals surface area (Å²) in [4.78, 5) is 16.2. The molecule has 0 unspecified atom stereocenters. The second kappa shape index (κ2) is 8.91. The van der Waals surface area contributed by atoms with Crippen LogP contribution in [0.2, 0.25) is 0 Å². The minimum absolute atomic E-state index is 0.119. The van der Waals surface area contributed by atoms with Gasteiger partial charge in [0.25, 0.3) is 5.22 Å². The maximum atomic E-state index is 12.8. The van der Waals surface area contributed by atoms with Crippen molar-refractivity contribution in [1.82, 2.24) is 20.5 Å². The van der Waals surface area contributed by atoms with E-state index in [4.69, 9.17) is 4.42 Å². The third-order valence-electron chi connectivity index (χ3n) is 3.42. The van der Waals surface area contributed by atoms with Crippen molar-refractivity contribution < 1.29 is 13.6 Å². The Labute approximate surface area is 158 Å². The van der Waals surface area contributed by atoms with Crippen LogP contribution in [-0.4, -0.2) is 33.4 Å². The first-order chi connectivity index (χ1) is 12.6. The van der Waals surface area contributed by atoms with Gasteiger partial charge in [0.2, 0.25) is 11.8 Å². The van der Waals surface area contributed by atoms with Gasteiger partial charge in [-0.15, -0.1) is 21.5 Å². The zero-order chi connectivity index (χ0) is 18.4. The number of amides is 1. The van der Waals surface area contributed by atoms with E-state index in [1.54, 1.807) is 23.5 Å². The Hall–Kier alpha value is -2.26. The van der Waals surface area contributed by atoms with Crippen LogP contribution in [0, 0.1) is 12.7 Å². The van der Waals surface area contributed by atoms with Gasteiger partial charge in [-0.1, -0.05) is 23.9 Å². The molecule has 0 radical (unpaired) electrons. The fourth-order valence-electron chi connectivity index (χ4n) is 2.19. The van der Waals surface area contributed by atoms with E-state index in [0.717, 1.165) is 16.3 Å². The van der Waals surface area contributed by atoms with Crippen molar-refractivity contribution in [2.75, 3.05) is 12.3 Å². The van der Waals surface area contributed by atoms with Crippen molar-refractivity contribution in [2.45, 2.75) is 25.0 Å². The number of thiazole rings is 1. The molecule has 0 fully saturated rings. The molecular formula is C17H17FN4O2S2. The highest BCUT2D eigenvalue weighted by Gasteiger charge is 2.11. The summed E-state index contributed by atoms with van der Waals surface area (Å²) in [7, 11) is 0. The molecule has 0 aliphatic heterocycles. The molecule has 9 heteroatoms. The highest BCUT2D eigenvalue weighted by molar-refractivity contribution is 7.99. The number of rotatable bonds is 8. The van der Waals surface area contributed by atoms with Gasteiger partial charge in [0.05, 0.1) is 22.9 Å². The molecule has 0 atom stereocenters. The van der Waals surface area contributed by atoms with Crippen molar-refractivity contribution in [2.24, 2.45) is 0 Å². The SMILES string of the molecule is Cc1nc(Cc2nnc(SCC(=O)NCCc3ccc(F)cc3)o2)cs1.